The van der Waals surface area contributed by atoms with E-state index in [4.69, 9.17) is 5.73 Å². The first kappa shape index (κ1) is 17.9. The lowest BCUT2D eigenvalue weighted by Gasteiger charge is -2.40. The van der Waals surface area contributed by atoms with Crippen LogP contribution in [0.3, 0.4) is 0 Å². The van der Waals surface area contributed by atoms with E-state index in [1.165, 1.54) is 0 Å². The van der Waals surface area contributed by atoms with Gasteiger partial charge in [0.25, 0.3) is 0 Å². The standard InChI is InChI=1S/C15H34N2O/c1-11(2)7-15(10-16,8-12(3)4)17-14(6)13(5)9-18/h11-14,17-18H,7-10,16H2,1-6H3. The first-order valence-corrected chi connectivity index (χ1v) is 7.35. The van der Waals surface area contributed by atoms with E-state index in [2.05, 4.69) is 46.9 Å². The monoisotopic (exact) mass is 258 g/mol. The van der Waals surface area contributed by atoms with Gasteiger partial charge in [-0.15, -0.1) is 0 Å². The second-order valence-electron chi connectivity index (χ2n) is 6.77. The molecule has 0 aliphatic rings. The lowest BCUT2D eigenvalue weighted by molar-refractivity contribution is 0.154. The largest absolute Gasteiger partial charge is 0.396 e. The van der Waals surface area contributed by atoms with Gasteiger partial charge in [-0.05, 0) is 37.5 Å². The molecular weight excluding hydrogens is 224 g/mol. The molecular formula is C15H34N2O. The van der Waals surface area contributed by atoms with Gasteiger partial charge in [-0.1, -0.05) is 34.6 Å². The van der Waals surface area contributed by atoms with Crippen molar-refractivity contribution in [3.8, 4) is 0 Å². The predicted molar refractivity (Wildman–Crippen MR) is 79.5 cm³/mol. The summed E-state index contributed by atoms with van der Waals surface area (Å²) in [6.07, 6.45) is 2.17. The molecule has 3 nitrogen and oxygen atoms in total. The van der Waals surface area contributed by atoms with Crippen molar-refractivity contribution < 1.29 is 5.11 Å². The molecule has 4 N–H and O–H groups in total. The van der Waals surface area contributed by atoms with E-state index < -0.39 is 0 Å². The molecule has 0 saturated heterocycles. The van der Waals surface area contributed by atoms with Crippen molar-refractivity contribution in [1.29, 1.82) is 0 Å². The van der Waals surface area contributed by atoms with Crippen molar-refractivity contribution in [1.82, 2.24) is 5.32 Å². The first-order valence-electron chi connectivity index (χ1n) is 7.35. The second-order valence-corrected chi connectivity index (χ2v) is 6.77. The molecule has 0 bridgehead atoms. The lowest BCUT2D eigenvalue weighted by atomic mass is 9.80. The number of hydrogen-bond acceptors (Lipinski definition) is 3. The van der Waals surface area contributed by atoms with Gasteiger partial charge in [0.2, 0.25) is 0 Å². The fourth-order valence-corrected chi connectivity index (χ4v) is 2.77. The zero-order valence-electron chi connectivity index (χ0n) is 13.2. The van der Waals surface area contributed by atoms with Gasteiger partial charge in [0.05, 0.1) is 0 Å². The average Bonchev–Trinajstić information content (AvgIpc) is 2.25. The molecule has 2 atom stereocenters. The minimum atomic E-state index is 0.00514. The van der Waals surface area contributed by atoms with Gasteiger partial charge in [0, 0.05) is 24.7 Å². The Kier molecular flexibility index (Phi) is 8.08. The van der Waals surface area contributed by atoms with E-state index in [1.54, 1.807) is 0 Å². The smallest absolute Gasteiger partial charge is 0.0471 e. The van der Waals surface area contributed by atoms with Crippen molar-refractivity contribution in [2.75, 3.05) is 13.2 Å². The molecule has 110 valence electrons. The Balaban J connectivity index is 4.82. The summed E-state index contributed by atoms with van der Waals surface area (Å²) in [5.74, 6) is 1.50. The van der Waals surface area contributed by atoms with Gasteiger partial charge in [-0.25, -0.2) is 0 Å². The zero-order valence-corrected chi connectivity index (χ0v) is 13.2. The molecule has 0 aliphatic carbocycles. The lowest BCUT2D eigenvalue weighted by Crippen LogP contribution is -2.57. The SMILES string of the molecule is CC(C)CC(CN)(CC(C)C)NC(C)C(C)CO. The minimum absolute atomic E-state index is 0.00514. The summed E-state index contributed by atoms with van der Waals surface area (Å²) < 4.78 is 0. The summed E-state index contributed by atoms with van der Waals surface area (Å²) in [5.41, 5.74) is 6.07. The Morgan fingerprint density at radius 2 is 1.44 bits per heavy atom. The number of aliphatic hydroxyl groups excluding tert-OH is 1. The molecule has 2 unspecified atom stereocenters. The van der Waals surface area contributed by atoms with Crippen LogP contribution >= 0.6 is 0 Å². The van der Waals surface area contributed by atoms with E-state index in [1.807, 2.05) is 0 Å². The maximum atomic E-state index is 9.27. The van der Waals surface area contributed by atoms with Gasteiger partial charge in [0.15, 0.2) is 0 Å². The number of nitrogens with two attached hydrogens (primary N) is 1. The minimum Gasteiger partial charge on any atom is -0.396 e. The van der Waals surface area contributed by atoms with Crippen LogP contribution in [0.1, 0.15) is 54.4 Å². The number of hydrogen-bond donors (Lipinski definition) is 3. The predicted octanol–water partition coefficient (Wildman–Crippen LogP) is 2.38. The fourth-order valence-electron chi connectivity index (χ4n) is 2.77. The van der Waals surface area contributed by atoms with E-state index in [0.29, 0.717) is 18.4 Å². The molecule has 0 aromatic carbocycles. The van der Waals surface area contributed by atoms with Gasteiger partial charge in [0.1, 0.15) is 0 Å². The molecule has 0 rings (SSSR count). The fraction of sp³-hybridized carbons (Fsp3) is 1.00. The summed E-state index contributed by atoms with van der Waals surface area (Å²) >= 11 is 0. The third-order valence-corrected chi connectivity index (χ3v) is 3.66. The van der Waals surface area contributed by atoms with Crippen molar-refractivity contribution in [2.24, 2.45) is 23.5 Å². The number of aliphatic hydroxyl groups is 1. The van der Waals surface area contributed by atoms with E-state index in [-0.39, 0.29) is 24.1 Å². The van der Waals surface area contributed by atoms with Gasteiger partial charge in [-0.2, -0.15) is 0 Å². The van der Waals surface area contributed by atoms with Gasteiger partial charge in [-0.3, -0.25) is 0 Å². The number of nitrogens with one attached hydrogen (secondary N) is 1. The Bertz CT molecular complexity index is 207. The van der Waals surface area contributed by atoms with Crippen molar-refractivity contribution >= 4 is 0 Å². The van der Waals surface area contributed by atoms with Crippen LogP contribution in [0, 0.1) is 17.8 Å². The Morgan fingerprint density at radius 3 is 1.72 bits per heavy atom. The molecule has 0 fully saturated rings. The highest BCUT2D eigenvalue weighted by Crippen LogP contribution is 2.25. The normalized spacial score (nSPS) is 16.3. The van der Waals surface area contributed by atoms with E-state index in [0.717, 1.165) is 12.8 Å². The van der Waals surface area contributed by atoms with E-state index in [9.17, 15) is 5.11 Å². The first-order chi connectivity index (χ1) is 8.26. The van der Waals surface area contributed by atoms with Gasteiger partial charge < -0.3 is 16.2 Å². The molecule has 3 heteroatoms. The Morgan fingerprint density at radius 1 is 1.00 bits per heavy atom. The molecule has 0 radical (unpaired) electrons. The van der Waals surface area contributed by atoms with Crippen LogP contribution in [0.2, 0.25) is 0 Å². The summed E-state index contributed by atoms with van der Waals surface area (Å²) in [5, 5.41) is 13.0. The highest BCUT2D eigenvalue weighted by Gasteiger charge is 2.32. The van der Waals surface area contributed by atoms with Crippen LogP contribution in [0.5, 0.6) is 0 Å². The quantitative estimate of drug-likeness (QED) is 0.595. The molecule has 0 aliphatic heterocycles. The van der Waals surface area contributed by atoms with Gasteiger partial charge >= 0.3 is 0 Å². The maximum absolute atomic E-state index is 9.27. The molecule has 0 heterocycles. The maximum Gasteiger partial charge on any atom is 0.0471 e. The van der Waals surface area contributed by atoms with Crippen molar-refractivity contribution in [3.63, 3.8) is 0 Å². The molecule has 0 amide bonds. The molecule has 0 aromatic rings. The highest BCUT2D eigenvalue weighted by atomic mass is 16.3. The highest BCUT2D eigenvalue weighted by molar-refractivity contribution is 4.93. The van der Waals surface area contributed by atoms with Crippen molar-refractivity contribution in [2.45, 2.75) is 66.0 Å². The molecule has 0 spiro atoms. The second kappa shape index (κ2) is 8.13. The number of rotatable bonds is 9. The van der Waals surface area contributed by atoms with Crippen LogP contribution < -0.4 is 11.1 Å². The zero-order chi connectivity index (χ0) is 14.3. The van der Waals surface area contributed by atoms with Crippen molar-refractivity contribution in [3.05, 3.63) is 0 Å². The molecule has 0 aromatic heterocycles. The summed E-state index contributed by atoms with van der Waals surface area (Å²) in [6, 6.07) is 0.288. The Hall–Kier alpha value is -0.120. The van der Waals surface area contributed by atoms with Crippen LogP contribution in [0.25, 0.3) is 0 Å². The molecule has 0 saturated carbocycles. The summed E-state index contributed by atoms with van der Waals surface area (Å²) in [7, 11) is 0. The van der Waals surface area contributed by atoms with Crippen LogP contribution in [0.4, 0.5) is 0 Å². The third-order valence-electron chi connectivity index (χ3n) is 3.66. The van der Waals surface area contributed by atoms with E-state index >= 15 is 0 Å². The topological polar surface area (TPSA) is 58.3 Å². The summed E-state index contributed by atoms with van der Waals surface area (Å²) in [4.78, 5) is 0. The Labute approximate surface area is 114 Å². The summed E-state index contributed by atoms with van der Waals surface area (Å²) in [6.45, 7) is 14.1. The van der Waals surface area contributed by atoms with Crippen LogP contribution in [-0.4, -0.2) is 29.8 Å². The molecule has 18 heavy (non-hydrogen) atoms. The third kappa shape index (κ3) is 6.17. The van der Waals surface area contributed by atoms with Crippen LogP contribution in [-0.2, 0) is 0 Å². The average molecular weight is 258 g/mol. The van der Waals surface area contributed by atoms with Crippen LogP contribution in [0.15, 0.2) is 0 Å².